The van der Waals surface area contributed by atoms with E-state index in [9.17, 15) is 4.79 Å². The summed E-state index contributed by atoms with van der Waals surface area (Å²) in [4.78, 5) is 17.4. The topological polar surface area (TPSA) is 67.4 Å². The fraction of sp³-hybridized carbons (Fsp3) is 0.407. The minimum atomic E-state index is 0. The van der Waals surface area contributed by atoms with E-state index in [4.69, 9.17) is 5.73 Å². The molecule has 2 fully saturated rings. The largest absolute Gasteiger partial charge is 0.338 e. The molecule has 0 radical (unpaired) electrons. The summed E-state index contributed by atoms with van der Waals surface area (Å²) in [6.45, 7) is 4.70. The van der Waals surface area contributed by atoms with Gasteiger partial charge in [-0.05, 0) is 73.6 Å². The molecule has 0 saturated carbocycles. The molecule has 3 aromatic rings. The van der Waals surface area contributed by atoms with Crippen LogP contribution in [0, 0.1) is 5.41 Å². The van der Waals surface area contributed by atoms with Gasteiger partial charge in [-0.1, -0.05) is 42.5 Å². The van der Waals surface area contributed by atoms with Crippen molar-refractivity contribution in [2.45, 2.75) is 38.3 Å². The van der Waals surface area contributed by atoms with Gasteiger partial charge in [0.05, 0.1) is 5.69 Å². The third kappa shape index (κ3) is 5.52. The fourth-order valence-corrected chi connectivity index (χ4v) is 5.30. The maximum Gasteiger partial charge on any atom is 0.223 e. The third-order valence-corrected chi connectivity index (χ3v) is 7.38. The number of nitrogens with zero attached hydrogens (tertiary/aromatic N) is 4. The summed E-state index contributed by atoms with van der Waals surface area (Å²) in [5.41, 5.74) is 9.95. The first-order valence-electron chi connectivity index (χ1n) is 12.0. The van der Waals surface area contributed by atoms with Gasteiger partial charge in [0.2, 0.25) is 5.91 Å². The van der Waals surface area contributed by atoms with Crippen LogP contribution in [0.25, 0.3) is 5.69 Å². The number of rotatable bonds is 7. The number of hydrogen-bond acceptors (Lipinski definition) is 4. The summed E-state index contributed by atoms with van der Waals surface area (Å²) in [6.07, 6.45) is 7.55. The second-order valence-corrected chi connectivity index (χ2v) is 9.69. The van der Waals surface area contributed by atoms with E-state index in [1.54, 1.807) is 6.20 Å². The molecule has 1 spiro atoms. The predicted molar refractivity (Wildman–Crippen MR) is 137 cm³/mol. The Balaban J connectivity index is 0.00000274. The van der Waals surface area contributed by atoms with Crippen LogP contribution in [0.3, 0.4) is 0 Å². The predicted octanol–water partition coefficient (Wildman–Crippen LogP) is 4.20. The van der Waals surface area contributed by atoms with Crippen molar-refractivity contribution >= 4 is 18.3 Å². The average molecular weight is 480 g/mol. The standard InChI is InChI=1S/C27H33N5O.ClH/c28-25(23-5-2-1-3-6-23)11-16-30-17-12-27(13-18-30)19-26(33)31(21-27)20-22-7-9-24(10-8-22)32-15-4-14-29-32;/h1-10,14-15,25H,11-13,16-21,28H2;1H/t25-;/m0./s1. The monoisotopic (exact) mass is 479 g/mol. The number of benzene rings is 2. The molecule has 2 aromatic carbocycles. The number of nitrogens with two attached hydrogens (primary N) is 1. The van der Waals surface area contributed by atoms with E-state index in [2.05, 4.69) is 63.4 Å². The van der Waals surface area contributed by atoms with E-state index in [1.807, 2.05) is 23.0 Å². The zero-order valence-corrected chi connectivity index (χ0v) is 20.4. The Morgan fingerprint density at radius 2 is 1.74 bits per heavy atom. The second kappa shape index (κ2) is 10.7. The van der Waals surface area contributed by atoms with Crippen molar-refractivity contribution in [3.63, 3.8) is 0 Å². The molecule has 0 bridgehead atoms. The van der Waals surface area contributed by atoms with Crippen LogP contribution in [0.15, 0.2) is 73.1 Å². The van der Waals surface area contributed by atoms with E-state index < -0.39 is 0 Å². The summed E-state index contributed by atoms with van der Waals surface area (Å²) in [6, 6.07) is 20.7. The number of amides is 1. The Morgan fingerprint density at radius 3 is 2.41 bits per heavy atom. The minimum absolute atomic E-state index is 0. The van der Waals surface area contributed by atoms with Gasteiger partial charge < -0.3 is 15.5 Å². The third-order valence-electron chi connectivity index (χ3n) is 7.38. The van der Waals surface area contributed by atoms with Gasteiger partial charge in [-0.2, -0.15) is 5.10 Å². The number of carbonyl (C=O) groups is 1. The summed E-state index contributed by atoms with van der Waals surface area (Å²) < 4.78 is 1.85. The van der Waals surface area contributed by atoms with Crippen LogP contribution in [-0.2, 0) is 11.3 Å². The maximum absolute atomic E-state index is 12.8. The highest BCUT2D eigenvalue weighted by Crippen LogP contribution is 2.41. The first kappa shape index (κ1) is 24.5. The quantitative estimate of drug-likeness (QED) is 0.551. The highest BCUT2D eigenvalue weighted by molar-refractivity contribution is 5.85. The Labute approximate surface area is 208 Å². The molecule has 0 aliphatic carbocycles. The molecule has 5 rings (SSSR count). The van der Waals surface area contributed by atoms with E-state index >= 15 is 0 Å². The molecule has 2 aliphatic heterocycles. The van der Waals surface area contributed by atoms with Crippen molar-refractivity contribution in [2.75, 3.05) is 26.2 Å². The Kier molecular flexibility index (Phi) is 7.71. The molecule has 7 heteroatoms. The lowest BCUT2D eigenvalue weighted by molar-refractivity contribution is -0.128. The summed E-state index contributed by atoms with van der Waals surface area (Å²) in [5, 5.41) is 4.27. The van der Waals surface area contributed by atoms with Gasteiger partial charge in [-0.3, -0.25) is 4.79 Å². The van der Waals surface area contributed by atoms with Crippen LogP contribution in [0.1, 0.15) is 42.9 Å². The number of aromatic nitrogens is 2. The van der Waals surface area contributed by atoms with E-state index in [0.717, 1.165) is 51.1 Å². The van der Waals surface area contributed by atoms with E-state index in [0.29, 0.717) is 18.9 Å². The molecule has 1 atom stereocenters. The zero-order valence-electron chi connectivity index (χ0n) is 19.6. The smallest absolute Gasteiger partial charge is 0.223 e. The molecule has 0 unspecified atom stereocenters. The minimum Gasteiger partial charge on any atom is -0.338 e. The lowest BCUT2D eigenvalue weighted by Gasteiger charge is -2.39. The number of hydrogen-bond donors (Lipinski definition) is 1. The van der Waals surface area contributed by atoms with Crippen LogP contribution in [0.5, 0.6) is 0 Å². The molecule has 6 nitrogen and oxygen atoms in total. The second-order valence-electron chi connectivity index (χ2n) is 9.69. The lowest BCUT2D eigenvalue weighted by Crippen LogP contribution is -2.42. The molecular formula is C27H34ClN5O. The first-order chi connectivity index (χ1) is 16.1. The van der Waals surface area contributed by atoms with Gasteiger partial charge in [-0.25, -0.2) is 4.68 Å². The average Bonchev–Trinajstić information content (AvgIpc) is 3.48. The number of halogens is 1. The SMILES string of the molecule is Cl.N[C@@H](CCN1CCC2(CC1)CC(=O)N(Cc1ccc(-n3cccn3)cc1)C2)c1ccccc1. The highest BCUT2D eigenvalue weighted by atomic mass is 35.5. The summed E-state index contributed by atoms with van der Waals surface area (Å²) >= 11 is 0. The van der Waals surface area contributed by atoms with Gasteiger partial charge in [-0.15, -0.1) is 12.4 Å². The molecule has 2 aliphatic rings. The number of piperidine rings is 1. The van der Waals surface area contributed by atoms with Crippen LogP contribution in [0.2, 0.25) is 0 Å². The Bertz CT molecular complexity index is 1050. The number of likely N-dealkylation sites (tertiary alicyclic amines) is 2. The Hall–Kier alpha value is -2.67. The van der Waals surface area contributed by atoms with Crippen molar-refractivity contribution in [1.82, 2.24) is 19.6 Å². The molecule has 2 saturated heterocycles. The van der Waals surface area contributed by atoms with Crippen LogP contribution in [0.4, 0.5) is 0 Å². The van der Waals surface area contributed by atoms with Gasteiger partial charge in [0.1, 0.15) is 0 Å². The van der Waals surface area contributed by atoms with E-state index in [1.165, 1.54) is 11.1 Å². The summed E-state index contributed by atoms with van der Waals surface area (Å²) in [5.74, 6) is 0.297. The van der Waals surface area contributed by atoms with Crippen LogP contribution in [-0.4, -0.2) is 51.7 Å². The van der Waals surface area contributed by atoms with Gasteiger partial charge >= 0.3 is 0 Å². The fourth-order valence-electron chi connectivity index (χ4n) is 5.30. The maximum atomic E-state index is 12.8. The van der Waals surface area contributed by atoms with Gasteiger partial charge in [0.15, 0.2) is 0 Å². The molecule has 34 heavy (non-hydrogen) atoms. The molecule has 1 amide bonds. The lowest BCUT2D eigenvalue weighted by atomic mass is 9.77. The van der Waals surface area contributed by atoms with Crippen LogP contribution < -0.4 is 5.73 Å². The molecule has 1 aromatic heterocycles. The molecule has 2 N–H and O–H groups in total. The first-order valence-corrected chi connectivity index (χ1v) is 12.0. The van der Waals surface area contributed by atoms with Crippen molar-refractivity contribution in [3.05, 3.63) is 84.2 Å². The van der Waals surface area contributed by atoms with Gasteiger partial charge in [0.25, 0.3) is 0 Å². The Morgan fingerprint density at radius 1 is 1.00 bits per heavy atom. The highest BCUT2D eigenvalue weighted by Gasteiger charge is 2.44. The molecular weight excluding hydrogens is 446 g/mol. The van der Waals surface area contributed by atoms with Crippen molar-refractivity contribution < 1.29 is 4.79 Å². The molecule has 3 heterocycles. The molecule has 180 valence electrons. The van der Waals surface area contributed by atoms with Gasteiger partial charge in [0, 0.05) is 37.9 Å². The zero-order chi connectivity index (χ0) is 22.7. The van der Waals surface area contributed by atoms with Crippen LogP contribution >= 0.6 is 12.4 Å². The van der Waals surface area contributed by atoms with Crippen molar-refractivity contribution in [2.24, 2.45) is 11.1 Å². The normalized spacial score (nSPS) is 18.7. The van der Waals surface area contributed by atoms with Crippen molar-refractivity contribution in [1.29, 1.82) is 0 Å². The number of carbonyl (C=O) groups excluding carboxylic acids is 1. The summed E-state index contributed by atoms with van der Waals surface area (Å²) in [7, 11) is 0. The van der Waals surface area contributed by atoms with Crippen molar-refractivity contribution in [3.8, 4) is 5.69 Å². The van der Waals surface area contributed by atoms with E-state index in [-0.39, 0.29) is 23.9 Å².